The molecule has 1 aromatic carbocycles. The van der Waals surface area contributed by atoms with Crippen molar-refractivity contribution < 1.29 is 18.3 Å². The second-order valence-electron chi connectivity index (χ2n) is 6.08. The van der Waals surface area contributed by atoms with Gasteiger partial charge in [-0.05, 0) is 37.2 Å². The predicted octanol–water partition coefficient (Wildman–Crippen LogP) is 2.34. The van der Waals surface area contributed by atoms with Gasteiger partial charge in [0.05, 0.1) is 11.7 Å². The van der Waals surface area contributed by atoms with Gasteiger partial charge in [-0.25, -0.2) is 12.7 Å². The van der Waals surface area contributed by atoms with E-state index in [1.54, 1.807) is 7.05 Å². The zero-order valence-corrected chi connectivity index (χ0v) is 13.6. The van der Waals surface area contributed by atoms with Gasteiger partial charge in [-0.2, -0.15) is 0 Å². The zero-order valence-electron chi connectivity index (χ0n) is 12.8. The Morgan fingerprint density at radius 3 is 2.32 bits per heavy atom. The molecule has 1 aliphatic carbocycles. The average molecular weight is 325 g/mol. The maximum absolute atomic E-state index is 12.4. The smallest absolute Gasteiger partial charge is 0.306 e. The molecule has 0 heterocycles. The van der Waals surface area contributed by atoms with E-state index in [0.717, 1.165) is 5.56 Å². The third kappa shape index (κ3) is 4.55. The Morgan fingerprint density at radius 1 is 1.18 bits per heavy atom. The van der Waals surface area contributed by atoms with Crippen molar-refractivity contribution in [2.24, 2.45) is 11.8 Å². The number of aliphatic carboxylic acids is 1. The molecule has 5 nitrogen and oxygen atoms in total. The number of carboxylic acid groups (broad SMARTS) is 1. The second kappa shape index (κ2) is 7.24. The van der Waals surface area contributed by atoms with E-state index in [0.29, 0.717) is 32.2 Å². The molecule has 1 aromatic rings. The third-order valence-electron chi connectivity index (χ3n) is 4.37. The fraction of sp³-hybridized carbons (Fsp3) is 0.562. The van der Waals surface area contributed by atoms with Gasteiger partial charge >= 0.3 is 5.97 Å². The van der Waals surface area contributed by atoms with E-state index in [1.165, 1.54) is 4.31 Å². The maximum atomic E-state index is 12.4. The van der Waals surface area contributed by atoms with Crippen LogP contribution in [-0.2, 0) is 21.4 Å². The van der Waals surface area contributed by atoms with E-state index in [-0.39, 0.29) is 17.6 Å². The molecule has 0 aliphatic heterocycles. The van der Waals surface area contributed by atoms with E-state index < -0.39 is 16.0 Å². The van der Waals surface area contributed by atoms with Crippen molar-refractivity contribution in [3.8, 4) is 0 Å². The highest BCUT2D eigenvalue weighted by molar-refractivity contribution is 7.89. The van der Waals surface area contributed by atoms with Crippen LogP contribution < -0.4 is 0 Å². The number of sulfonamides is 1. The summed E-state index contributed by atoms with van der Waals surface area (Å²) < 4.78 is 26.3. The third-order valence-corrected chi connectivity index (χ3v) is 6.34. The monoisotopic (exact) mass is 325 g/mol. The Bertz CT molecular complexity index is 592. The van der Waals surface area contributed by atoms with Crippen LogP contribution in [0.2, 0.25) is 0 Å². The van der Waals surface area contributed by atoms with Crippen molar-refractivity contribution in [3.63, 3.8) is 0 Å². The standard InChI is InChI=1S/C16H23NO4S/c1-17(11-13-5-3-2-4-6-13)22(20,21)12-14-7-9-15(10-8-14)16(18)19/h2-6,14-15H,7-12H2,1H3,(H,18,19)/t14-,15-. The molecule has 0 bridgehead atoms. The van der Waals surface area contributed by atoms with Gasteiger partial charge in [0.1, 0.15) is 0 Å². The van der Waals surface area contributed by atoms with Gasteiger partial charge in [0.2, 0.25) is 10.0 Å². The summed E-state index contributed by atoms with van der Waals surface area (Å²) in [4.78, 5) is 10.9. The van der Waals surface area contributed by atoms with Gasteiger partial charge in [0.25, 0.3) is 0 Å². The summed E-state index contributed by atoms with van der Waals surface area (Å²) in [6.07, 6.45) is 2.51. The lowest BCUT2D eigenvalue weighted by atomic mass is 9.83. The van der Waals surface area contributed by atoms with Crippen LogP contribution >= 0.6 is 0 Å². The highest BCUT2D eigenvalue weighted by Gasteiger charge is 2.30. The molecular formula is C16H23NO4S. The first-order chi connectivity index (χ1) is 10.4. The minimum atomic E-state index is -3.31. The molecule has 0 aromatic heterocycles. The molecule has 22 heavy (non-hydrogen) atoms. The fourth-order valence-corrected chi connectivity index (χ4v) is 4.47. The van der Waals surface area contributed by atoms with Gasteiger partial charge in [-0.1, -0.05) is 30.3 Å². The summed E-state index contributed by atoms with van der Waals surface area (Å²) in [5, 5.41) is 8.98. The molecule has 1 fully saturated rings. The lowest BCUT2D eigenvalue weighted by Gasteiger charge is -2.27. The van der Waals surface area contributed by atoms with Crippen LogP contribution in [0.3, 0.4) is 0 Å². The molecule has 1 N–H and O–H groups in total. The van der Waals surface area contributed by atoms with Gasteiger partial charge in [-0.3, -0.25) is 4.79 Å². The van der Waals surface area contributed by atoms with Crippen LogP contribution in [0.4, 0.5) is 0 Å². The van der Waals surface area contributed by atoms with Gasteiger partial charge in [0, 0.05) is 13.6 Å². The van der Waals surface area contributed by atoms with Gasteiger partial charge < -0.3 is 5.11 Å². The van der Waals surface area contributed by atoms with E-state index in [9.17, 15) is 13.2 Å². The lowest BCUT2D eigenvalue weighted by Crippen LogP contribution is -2.33. The molecule has 0 spiro atoms. The van der Waals surface area contributed by atoms with Crippen molar-refractivity contribution in [1.29, 1.82) is 0 Å². The first-order valence-corrected chi connectivity index (χ1v) is 9.20. The SMILES string of the molecule is CN(Cc1ccccc1)S(=O)(=O)C[C@H]1CC[C@H](C(=O)O)CC1. The Hall–Kier alpha value is -1.40. The Morgan fingerprint density at radius 2 is 1.77 bits per heavy atom. The van der Waals surface area contributed by atoms with Crippen LogP contribution in [0.15, 0.2) is 30.3 Å². The topological polar surface area (TPSA) is 74.7 Å². The lowest BCUT2D eigenvalue weighted by molar-refractivity contribution is -0.143. The number of carbonyl (C=O) groups is 1. The van der Waals surface area contributed by atoms with Crippen molar-refractivity contribution in [2.45, 2.75) is 32.2 Å². The second-order valence-corrected chi connectivity index (χ2v) is 8.20. The highest BCUT2D eigenvalue weighted by Crippen LogP contribution is 2.30. The summed E-state index contributed by atoms with van der Waals surface area (Å²) in [6.45, 7) is 0.369. The minimum absolute atomic E-state index is 0.0684. The van der Waals surface area contributed by atoms with Gasteiger partial charge in [-0.15, -0.1) is 0 Å². The molecular weight excluding hydrogens is 302 g/mol. The highest BCUT2D eigenvalue weighted by atomic mass is 32.2. The van der Waals surface area contributed by atoms with Crippen LogP contribution in [-0.4, -0.2) is 36.6 Å². The van der Waals surface area contributed by atoms with Crippen molar-refractivity contribution in [2.75, 3.05) is 12.8 Å². The number of rotatable bonds is 6. The molecule has 1 aliphatic rings. The summed E-state index contributed by atoms with van der Waals surface area (Å²) in [5.74, 6) is -0.884. The van der Waals surface area contributed by atoms with Crippen LogP contribution in [0.25, 0.3) is 0 Å². The number of hydrogen-bond donors (Lipinski definition) is 1. The number of hydrogen-bond acceptors (Lipinski definition) is 3. The predicted molar refractivity (Wildman–Crippen MR) is 84.8 cm³/mol. The number of benzene rings is 1. The summed E-state index contributed by atoms with van der Waals surface area (Å²) in [6, 6.07) is 9.50. The van der Waals surface area contributed by atoms with Crippen LogP contribution in [0, 0.1) is 11.8 Å². The molecule has 0 amide bonds. The van der Waals surface area contributed by atoms with Crippen LogP contribution in [0.1, 0.15) is 31.2 Å². The molecule has 1 saturated carbocycles. The van der Waals surface area contributed by atoms with Gasteiger partial charge in [0.15, 0.2) is 0 Å². The first-order valence-electron chi connectivity index (χ1n) is 7.59. The minimum Gasteiger partial charge on any atom is -0.481 e. The van der Waals surface area contributed by atoms with Crippen molar-refractivity contribution in [3.05, 3.63) is 35.9 Å². The molecule has 0 radical (unpaired) electrons. The number of nitrogens with zero attached hydrogens (tertiary/aromatic N) is 1. The number of carboxylic acids is 1. The summed E-state index contributed by atoms with van der Waals surface area (Å²) in [7, 11) is -1.71. The summed E-state index contributed by atoms with van der Waals surface area (Å²) >= 11 is 0. The molecule has 0 atom stereocenters. The van der Waals surface area contributed by atoms with Crippen LogP contribution in [0.5, 0.6) is 0 Å². The van der Waals surface area contributed by atoms with Crippen molar-refractivity contribution in [1.82, 2.24) is 4.31 Å². The van der Waals surface area contributed by atoms with E-state index >= 15 is 0 Å². The Kier molecular flexibility index (Phi) is 5.58. The molecule has 0 saturated heterocycles. The zero-order chi connectivity index (χ0) is 16.2. The van der Waals surface area contributed by atoms with E-state index in [2.05, 4.69) is 0 Å². The quantitative estimate of drug-likeness (QED) is 0.871. The largest absolute Gasteiger partial charge is 0.481 e. The Balaban J connectivity index is 1.90. The average Bonchev–Trinajstić information content (AvgIpc) is 2.48. The molecule has 0 unspecified atom stereocenters. The van der Waals surface area contributed by atoms with E-state index in [4.69, 9.17) is 5.11 Å². The molecule has 122 valence electrons. The summed E-state index contributed by atoms with van der Waals surface area (Å²) in [5.41, 5.74) is 0.961. The normalized spacial score (nSPS) is 22.6. The van der Waals surface area contributed by atoms with E-state index in [1.807, 2.05) is 30.3 Å². The molecule has 6 heteroatoms. The first kappa shape index (κ1) is 17.0. The fourth-order valence-electron chi connectivity index (χ4n) is 2.94. The molecule has 2 rings (SSSR count). The van der Waals surface area contributed by atoms with Crippen molar-refractivity contribution >= 4 is 16.0 Å². The maximum Gasteiger partial charge on any atom is 0.306 e. The Labute approximate surface area is 132 Å².